The molecule has 0 aliphatic rings. The normalized spacial score (nSPS) is 11.0. The number of nitrogens with zero attached hydrogens (tertiary/aromatic N) is 2. The van der Waals surface area contributed by atoms with Crippen LogP contribution in [-0.4, -0.2) is 27.4 Å². The van der Waals surface area contributed by atoms with Crippen molar-refractivity contribution < 1.29 is 9.90 Å². The van der Waals surface area contributed by atoms with Crippen LogP contribution in [0.3, 0.4) is 0 Å². The monoisotopic (exact) mass is 374 g/mol. The molecule has 1 heterocycles. The van der Waals surface area contributed by atoms with Gasteiger partial charge in [-0.1, -0.05) is 35.3 Å². The molecule has 0 spiro atoms. The van der Waals surface area contributed by atoms with E-state index in [1.165, 1.54) is 12.3 Å². The van der Waals surface area contributed by atoms with Gasteiger partial charge in [-0.2, -0.15) is 10.2 Å². The fraction of sp³-hybridized carbons (Fsp3) is 0. The van der Waals surface area contributed by atoms with Crippen molar-refractivity contribution >= 4 is 35.3 Å². The minimum Gasteiger partial charge on any atom is -0.508 e. The third-order valence-electron chi connectivity index (χ3n) is 3.28. The summed E-state index contributed by atoms with van der Waals surface area (Å²) in [6.45, 7) is 0. The van der Waals surface area contributed by atoms with E-state index < -0.39 is 5.91 Å². The number of hydrazone groups is 1. The summed E-state index contributed by atoms with van der Waals surface area (Å²) in [4.78, 5) is 12.1. The van der Waals surface area contributed by atoms with Crippen molar-refractivity contribution in [1.29, 1.82) is 0 Å². The molecule has 126 valence electrons. The molecule has 8 heteroatoms. The van der Waals surface area contributed by atoms with Gasteiger partial charge in [0.2, 0.25) is 0 Å². The van der Waals surface area contributed by atoms with Gasteiger partial charge < -0.3 is 5.11 Å². The lowest BCUT2D eigenvalue weighted by atomic mass is 10.1. The Morgan fingerprint density at radius 3 is 2.84 bits per heavy atom. The number of carbonyl (C=O) groups excluding carboxylic acids is 1. The summed E-state index contributed by atoms with van der Waals surface area (Å²) in [5, 5.41) is 20.9. The van der Waals surface area contributed by atoms with Crippen molar-refractivity contribution in [2.45, 2.75) is 0 Å². The van der Waals surface area contributed by atoms with Crippen LogP contribution in [0.2, 0.25) is 10.0 Å². The van der Waals surface area contributed by atoms with E-state index in [2.05, 4.69) is 20.7 Å². The van der Waals surface area contributed by atoms with Crippen molar-refractivity contribution in [3.8, 4) is 17.0 Å². The average molecular weight is 375 g/mol. The van der Waals surface area contributed by atoms with Gasteiger partial charge in [-0.3, -0.25) is 9.89 Å². The maximum Gasteiger partial charge on any atom is 0.289 e. The first-order valence-corrected chi connectivity index (χ1v) is 7.92. The van der Waals surface area contributed by atoms with E-state index in [1.54, 1.807) is 42.5 Å². The summed E-state index contributed by atoms with van der Waals surface area (Å²) in [7, 11) is 0. The van der Waals surface area contributed by atoms with Gasteiger partial charge in [0, 0.05) is 10.6 Å². The number of halogens is 2. The first-order valence-electron chi connectivity index (χ1n) is 7.16. The Morgan fingerprint density at radius 2 is 2.04 bits per heavy atom. The van der Waals surface area contributed by atoms with E-state index >= 15 is 0 Å². The van der Waals surface area contributed by atoms with Gasteiger partial charge in [0.25, 0.3) is 5.91 Å². The number of H-pyrrole nitrogens is 1. The van der Waals surface area contributed by atoms with E-state index in [4.69, 9.17) is 23.2 Å². The Morgan fingerprint density at radius 1 is 1.20 bits per heavy atom. The molecule has 0 fully saturated rings. The predicted octanol–water partition coefficient (Wildman–Crippen LogP) is 3.85. The molecule has 1 amide bonds. The van der Waals surface area contributed by atoms with Gasteiger partial charge >= 0.3 is 0 Å². The smallest absolute Gasteiger partial charge is 0.289 e. The first-order chi connectivity index (χ1) is 12.0. The second kappa shape index (κ2) is 7.38. The van der Waals surface area contributed by atoms with Gasteiger partial charge in [0.05, 0.1) is 16.9 Å². The molecule has 0 radical (unpaired) electrons. The lowest BCUT2D eigenvalue weighted by molar-refractivity contribution is 0.0950. The van der Waals surface area contributed by atoms with Crippen LogP contribution in [0.4, 0.5) is 0 Å². The number of amides is 1. The number of phenols is 1. The van der Waals surface area contributed by atoms with Gasteiger partial charge in [0.15, 0.2) is 0 Å². The summed E-state index contributed by atoms with van der Waals surface area (Å²) in [5.41, 5.74) is 4.36. The number of aromatic hydroxyl groups is 1. The summed E-state index contributed by atoms with van der Waals surface area (Å²) in [6.07, 6.45) is 1.42. The van der Waals surface area contributed by atoms with Gasteiger partial charge in [-0.25, -0.2) is 5.43 Å². The van der Waals surface area contributed by atoms with Crippen LogP contribution < -0.4 is 5.43 Å². The predicted molar refractivity (Wildman–Crippen MR) is 97.2 cm³/mol. The number of aromatic amines is 1. The van der Waals surface area contributed by atoms with E-state index in [9.17, 15) is 9.90 Å². The molecule has 0 aliphatic carbocycles. The number of carbonyl (C=O) groups is 1. The third-order valence-corrected chi connectivity index (χ3v) is 3.84. The van der Waals surface area contributed by atoms with Crippen LogP contribution in [-0.2, 0) is 0 Å². The number of hydrogen-bond donors (Lipinski definition) is 3. The maximum absolute atomic E-state index is 12.1. The molecule has 0 saturated carbocycles. The molecular formula is C17H12Cl2N4O2. The van der Waals surface area contributed by atoms with E-state index in [1.807, 2.05) is 0 Å². The number of hydrogen-bond acceptors (Lipinski definition) is 4. The first kappa shape index (κ1) is 17.0. The van der Waals surface area contributed by atoms with Crippen molar-refractivity contribution in [2.24, 2.45) is 5.10 Å². The highest BCUT2D eigenvalue weighted by molar-refractivity contribution is 6.35. The highest BCUT2D eigenvalue weighted by Gasteiger charge is 2.13. The molecule has 1 aromatic heterocycles. The number of rotatable bonds is 4. The van der Waals surface area contributed by atoms with Crippen LogP contribution in [0.25, 0.3) is 11.3 Å². The van der Waals surface area contributed by atoms with Crippen LogP contribution >= 0.6 is 23.2 Å². The average Bonchev–Trinajstić information content (AvgIpc) is 3.07. The summed E-state index contributed by atoms with van der Waals surface area (Å²) >= 11 is 12.1. The van der Waals surface area contributed by atoms with Crippen molar-refractivity contribution in [1.82, 2.24) is 15.6 Å². The van der Waals surface area contributed by atoms with E-state index in [0.717, 1.165) is 0 Å². The van der Waals surface area contributed by atoms with Crippen LogP contribution in [0.5, 0.6) is 5.75 Å². The molecule has 0 aliphatic heterocycles. The molecule has 6 nitrogen and oxygen atoms in total. The molecule has 0 bridgehead atoms. The fourth-order valence-corrected chi connectivity index (χ4v) is 2.49. The Labute approximate surface area is 153 Å². The Balaban J connectivity index is 1.71. The van der Waals surface area contributed by atoms with E-state index in [-0.39, 0.29) is 11.4 Å². The largest absolute Gasteiger partial charge is 0.508 e. The standard InChI is InChI=1S/C17H12Cl2N4O2/c18-11-4-5-14(19)13(7-11)15-8-16(22-21-15)17(25)23-20-9-10-2-1-3-12(24)6-10/h1-9,24H,(H,21,22)(H,23,25). The zero-order valence-electron chi connectivity index (χ0n) is 12.7. The lowest BCUT2D eigenvalue weighted by Crippen LogP contribution is -2.17. The lowest BCUT2D eigenvalue weighted by Gasteiger charge is -2.00. The summed E-state index contributed by atoms with van der Waals surface area (Å²) < 4.78 is 0. The topological polar surface area (TPSA) is 90.4 Å². The molecule has 0 unspecified atom stereocenters. The van der Waals surface area contributed by atoms with Gasteiger partial charge in [-0.05, 0) is 42.0 Å². The van der Waals surface area contributed by atoms with Gasteiger partial charge in [0.1, 0.15) is 11.4 Å². The van der Waals surface area contributed by atoms with Crippen molar-refractivity contribution in [3.63, 3.8) is 0 Å². The van der Waals surface area contributed by atoms with E-state index in [0.29, 0.717) is 26.9 Å². The Kier molecular flexibility index (Phi) is 5.02. The quantitative estimate of drug-likeness (QED) is 0.478. The van der Waals surface area contributed by atoms with Crippen LogP contribution in [0.1, 0.15) is 16.1 Å². The SMILES string of the molecule is O=C(NN=Cc1cccc(O)c1)c1cc(-c2cc(Cl)ccc2Cl)n[nH]1. The number of phenolic OH excluding ortho intramolecular Hbond substituents is 1. The number of benzene rings is 2. The number of nitrogens with one attached hydrogen (secondary N) is 2. The minimum atomic E-state index is -0.465. The molecule has 2 aromatic carbocycles. The Bertz CT molecular complexity index is 953. The van der Waals surface area contributed by atoms with Crippen LogP contribution in [0.15, 0.2) is 53.6 Å². The fourth-order valence-electron chi connectivity index (χ4n) is 2.10. The Hall–Kier alpha value is -2.83. The molecule has 3 aromatic rings. The zero-order chi connectivity index (χ0) is 17.8. The minimum absolute atomic E-state index is 0.117. The molecule has 3 rings (SSSR count). The molecule has 0 atom stereocenters. The van der Waals surface area contributed by atoms with Crippen LogP contribution in [0, 0.1) is 0 Å². The second-order valence-electron chi connectivity index (χ2n) is 5.09. The van der Waals surface area contributed by atoms with Crippen molar-refractivity contribution in [3.05, 3.63) is 69.8 Å². The van der Waals surface area contributed by atoms with Crippen molar-refractivity contribution in [2.75, 3.05) is 0 Å². The molecular weight excluding hydrogens is 363 g/mol. The second-order valence-corrected chi connectivity index (χ2v) is 5.93. The highest BCUT2D eigenvalue weighted by Crippen LogP contribution is 2.29. The summed E-state index contributed by atoms with van der Waals surface area (Å²) in [5.74, 6) is -0.347. The summed E-state index contributed by atoms with van der Waals surface area (Å²) in [6, 6.07) is 13.0. The number of aromatic nitrogens is 2. The maximum atomic E-state index is 12.1. The molecule has 0 saturated heterocycles. The molecule has 3 N–H and O–H groups in total. The molecule has 25 heavy (non-hydrogen) atoms. The third kappa shape index (κ3) is 4.17. The van der Waals surface area contributed by atoms with Gasteiger partial charge in [-0.15, -0.1) is 0 Å². The highest BCUT2D eigenvalue weighted by atomic mass is 35.5. The zero-order valence-corrected chi connectivity index (χ0v) is 14.2.